The fourth-order valence-electron chi connectivity index (χ4n) is 3.20. The molecule has 7 nitrogen and oxygen atoms in total. The molecule has 0 atom stereocenters. The Labute approximate surface area is 146 Å². The molecule has 0 bridgehead atoms. The van der Waals surface area contributed by atoms with Crippen LogP contribution in [0, 0.1) is 0 Å². The van der Waals surface area contributed by atoms with Crippen molar-refractivity contribution in [2.75, 3.05) is 0 Å². The first-order chi connectivity index (χ1) is 12.0. The van der Waals surface area contributed by atoms with Crippen molar-refractivity contribution in [3.8, 4) is 0 Å². The number of imidazole rings is 1. The quantitative estimate of drug-likeness (QED) is 0.652. The SMILES string of the molecule is CCCCn1c(=O)c2c(ncn2CCCCC(C)=O)n(C2CC2)c1=O. The number of carbonyl (C=O) groups is 1. The largest absolute Gasteiger partial charge is 0.332 e. The summed E-state index contributed by atoms with van der Waals surface area (Å²) in [6.45, 7) is 4.72. The Balaban J connectivity index is 2.00. The summed E-state index contributed by atoms with van der Waals surface area (Å²) in [5.41, 5.74) is 0.562. The van der Waals surface area contributed by atoms with E-state index >= 15 is 0 Å². The van der Waals surface area contributed by atoms with E-state index in [0.717, 1.165) is 38.5 Å². The second kappa shape index (κ2) is 7.37. The van der Waals surface area contributed by atoms with Gasteiger partial charge < -0.3 is 9.36 Å². The highest BCUT2D eigenvalue weighted by atomic mass is 16.2. The van der Waals surface area contributed by atoms with Gasteiger partial charge in [0.1, 0.15) is 5.78 Å². The van der Waals surface area contributed by atoms with Gasteiger partial charge in [-0.1, -0.05) is 13.3 Å². The third-order valence-electron chi connectivity index (χ3n) is 4.76. The third kappa shape index (κ3) is 3.60. The lowest BCUT2D eigenvalue weighted by Crippen LogP contribution is -2.40. The first kappa shape index (κ1) is 17.6. The molecule has 2 aromatic rings. The van der Waals surface area contributed by atoms with Crippen molar-refractivity contribution in [2.45, 2.75) is 77.9 Å². The Kier molecular flexibility index (Phi) is 5.20. The molecular weight excluding hydrogens is 320 g/mol. The van der Waals surface area contributed by atoms with Gasteiger partial charge in [-0.15, -0.1) is 0 Å². The second-order valence-corrected chi connectivity index (χ2v) is 6.96. The first-order valence-corrected chi connectivity index (χ1v) is 9.24. The number of carbonyl (C=O) groups excluding carboxylic acids is 1. The van der Waals surface area contributed by atoms with Crippen molar-refractivity contribution in [3.05, 3.63) is 27.2 Å². The molecule has 2 aromatic heterocycles. The highest BCUT2D eigenvalue weighted by molar-refractivity contribution is 5.75. The smallest absolute Gasteiger partial charge is 0.325 e. The molecule has 0 spiro atoms. The maximum absolute atomic E-state index is 12.9. The van der Waals surface area contributed by atoms with Gasteiger partial charge >= 0.3 is 5.69 Å². The number of hydrogen-bond donors (Lipinski definition) is 0. The van der Waals surface area contributed by atoms with Crippen LogP contribution in [0.15, 0.2) is 15.9 Å². The number of rotatable bonds is 9. The van der Waals surface area contributed by atoms with E-state index in [-0.39, 0.29) is 23.1 Å². The van der Waals surface area contributed by atoms with Crippen LogP contribution in [0.5, 0.6) is 0 Å². The van der Waals surface area contributed by atoms with Gasteiger partial charge in [0.05, 0.1) is 6.33 Å². The second-order valence-electron chi connectivity index (χ2n) is 6.96. The molecule has 2 heterocycles. The minimum atomic E-state index is -0.241. The first-order valence-electron chi connectivity index (χ1n) is 9.24. The highest BCUT2D eigenvalue weighted by Crippen LogP contribution is 2.34. The zero-order valence-electron chi connectivity index (χ0n) is 15.0. The lowest BCUT2D eigenvalue weighted by Gasteiger charge is -2.11. The summed E-state index contributed by atoms with van der Waals surface area (Å²) < 4.78 is 4.93. The summed E-state index contributed by atoms with van der Waals surface area (Å²) in [7, 11) is 0. The van der Waals surface area contributed by atoms with Crippen LogP contribution in [0.4, 0.5) is 0 Å². The minimum Gasteiger partial charge on any atom is -0.325 e. The van der Waals surface area contributed by atoms with Gasteiger partial charge in [0.2, 0.25) is 0 Å². The molecule has 0 radical (unpaired) electrons. The molecule has 0 aliphatic heterocycles. The van der Waals surface area contributed by atoms with Crippen LogP contribution in [0.3, 0.4) is 0 Å². The lowest BCUT2D eigenvalue weighted by atomic mass is 10.2. The normalized spacial score (nSPS) is 14.3. The van der Waals surface area contributed by atoms with E-state index in [2.05, 4.69) is 4.98 Å². The molecule has 1 saturated carbocycles. The predicted octanol–water partition coefficient (Wildman–Crippen LogP) is 2.25. The molecular formula is C18H26N4O3. The molecule has 0 saturated heterocycles. The molecule has 1 fully saturated rings. The van der Waals surface area contributed by atoms with Crippen LogP contribution in [-0.4, -0.2) is 24.5 Å². The van der Waals surface area contributed by atoms with Gasteiger partial charge in [0, 0.05) is 25.6 Å². The van der Waals surface area contributed by atoms with E-state index in [1.807, 2.05) is 11.5 Å². The average molecular weight is 346 g/mol. The maximum Gasteiger partial charge on any atom is 0.332 e. The number of unbranched alkanes of at least 4 members (excludes halogenated alkanes) is 2. The fraction of sp³-hybridized carbons (Fsp3) is 0.667. The van der Waals surface area contributed by atoms with Crippen molar-refractivity contribution in [1.29, 1.82) is 0 Å². The maximum atomic E-state index is 12.9. The number of aromatic nitrogens is 4. The Morgan fingerprint density at radius 2 is 1.96 bits per heavy atom. The van der Waals surface area contributed by atoms with Gasteiger partial charge in [0.25, 0.3) is 5.56 Å². The average Bonchev–Trinajstić information content (AvgIpc) is 3.31. The van der Waals surface area contributed by atoms with E-state index in [1.54, 1.807) is 17.8 Å². The summed E-state index contributed by atoms with van der Waals surface area (Å²) in [5, 5.41) is 0. The topological polar surface area (TPSA) is 78.9 Å². The molecule has 25 heavy (non-hydrogen) atoms. The molecule has 1 aliphatic carbocycles. The van der Waals surface area contributed by atoms with Crippen molar-refractivity contribution in [3.63, 3.8) is 0 Å². The molecule has 0 unspecified atom stereocenters. The van der Waals surface area contributed by atoms with Crippen LogP contribution in [0.2, 0.25) is 0 Å². The van der Waals surface area contributed by atoms with Crippen LogP contribution in [0.25, 0.3) is 11.2 Å². The van der Waals surface area contributed by atoms with Crippen LogP contribution >= 0.6 is 0 Å². The Morgan fingerprint density at radius 1 is 1.20 bits per heavy atom. The van der Waals surface area contributed by atoms with Crippen LogP contribution in [0.1, 0.15) is 64.8 Å². The van der Waals surface area contributed by atoms with E-state index in [9.17, 15) is 14.4 Å². The van der Waals surface area contributed by atoms with E-state index < -0.39 is 0 Å². The Bertz CT molecular complexity index is 886. The van der Waals surface area contributed by atoms with E-state index in [4.69, 9.17) is 0 Å². The molecule has 1 aliphatic rings. The molecule has 136 valence electrons. The van der Waals surface area contributed by atoms with Crippen molar-refractivity contribution < 1.29 is 4.79 Å². The molecule has 0 amide bonds. The zero-order chi connectivity index (χ0) is 18.0. The van der Waals surface area contributed by atoms with Gasteiger partial charge in [-0.25, -0.2) is 9.78 Å². The summed E-state index contributed by atoms with van der Waals surface area (Å²) in [5.74, 6) is 0.181. The monoisotopic (exact) mass is 346 g/mol. The summed E-state index contributed by atoms with van der Waals surface area (Å²) >= 11 is 0. The number of ketones is 1. The number of Topliss-reactive ketones (excluding diaryl/α,β-unsaturated/α-hetero) is 1. The molecule has 7 heteroatoms. The molecule has 3 rings (SSSR count). The fourth-order valence-corrected chi connectivity index (χ4v) is 3.20. The summed E-state index contributed by atoms with van der Waals surface area (Å²) in [6.07, 6.45) is 7.47. The van der Waals surface area contributed by atoms with Crippen molar-refractivity contribution in [2.24, 2.45) is 0 Å². The number of hydrogen-bond acceptors (Lipinski definition) is 4. The van der Waals surface area contributed by atoms with E-state index in [1.165, 1.54) is 4.57 Å². The van der Waals surface area contributed by atoms with Gasteiger partial charge in [0.15, 0.2) is 11.2 Å². The lowest BCUT2D eigenvalue weighted by molar-refractivity contribution is -0.117. The number of nitrogens with zero attached hydrogens (tertiary/aromatic N) is 4. The number of aryl methyl sites for hydroxylation is 1. The summed E-state index contributed by atoms with van der Waals surface area (Å²) in [6, 6.07) is 0.171. The van der Waals surface area contributed by atoms with Gasteiger partial charge in [-0.2, -0.15) is 0 Å². The van der Waals surface area contributed by atoms with Crippen molar-refractivity contribution in [1.82, 2.24) is 18.7 Å². The predicted molar refractivity (Wildman–Crippen MR) is 96.0 cm³/mol. The Hall–Kier alpha value is -2.18. The zero-order valence-corrected chi connectivity index (χ0v) is 15.0. The standard InChI is InChI=1S/C18H26N4O3/c1-3-4-11-21-17(24)15-16(22(18(21)25)14-8-9-14)19-12-20(15)10-6-5-7-13(2)23/h12,14H,3-11H2,1-2H3. The van der Waals surface area contributed by atoms with Gasteiger partial charge in [-0.3, -0.25) is 13.9 Å². The number of fused-ring (bicyclic) bond motifs is 1. The molecule has 0 aromatic carbocycles. The highest BCUT2D eigenvalue weighted by Gasteiger charge is 2.30. The minimum absolute atomic E-state index is 0.171. The van der Waals surface area contributed by atoms with Gasteiger partial charge in [-0.05, 0) is 39.0 Å². The van der Waals surface area contributed by atoms with Crippen LogP contribution < -0.4 is 11.2 Å². The summed E-state index contributed by atoms with van der Waals surface area (Å²) in [4.78, 5) is 41.1. The third-order valence-corrected chi connectivity index (χ3v) is 4.76. The Morgan fingerprint density at radius 3 is 2.60 bits per heavy atom. The van der Waals surface area contributed by atoms with Crippen molar-refractivity contribution >= 4 is 16.9 Å². The van der Waals surface area contributed by atoms with Crippen LogP contribution in [-0.2, 0) is 17.9 Å². The molecule has 0 N–H and O–H groups in total. The van der Waals surface area contributed by atoms with E-state index in [0.29, 0.717) is 30.7 Å².